The number of amides is 1. The van der Waals surface area contributed by atoms with Gasteiger partial charge in [0.15, 0.2) is 0 Å². The Labute approximate surface area is 132 Å². The minimum Gasteiger partial charge on any atom is -0.379 e. The number of hydrogen-bond acceptors (Lipinski definition) is 3. The van der Waals surface area contributed by atoms with E-state index in [4.69, 9.17) is 5.73 Å². The van der Waals surface area contributed by atoms with E-state index in [1.165, 1.54) is 19.0 Å². The average Bonchev–Trinajstić information content (AvgIpc) is 2.92. The minimum absolute atomic E-state index is 0.207. The number of halogens is 1. The van der Waals surface area contributed by atoms with Gasteiger partial charge >= 0.3 is 0 Å². The quantitative estimate of drug-likeness (QED) is 0.892. The Balaban J connectivity index is 2.10. The summed E-state index contributed by atoms with van der Waals surface area (Å²) in [6.45, 7) is 4.52. The smallest absolute Gasteiger partial charge is 0.252 e. The Morgan fingerprint density at radius 3 is 2.95 bits per heavy atom. The van der Waals surface area contributed by atoms with Crippen molar-refractivity contribution in [3.8, 4) is 0 Å². The Hall–Kier alpha value is -1.56. The number of carbonyl (C=O) groups is 1. The SMILES string of the molecule is CC1(C)CCCC1Nc1c(C(N)=O)cnn2cc(Br)cc12. The molecule has 0 radical (unpaired) electrons. The van der Waals surface area contributed by atoms with Gasteiger partial charge in [0.1, 0.15) is 0 Å². The lowest BCUT2D eigenvalue weighted by Crippen LogP contribution is -2.32. The van der Waals surface area contributed by atoms with Gasteiger partial charge in [0.2, 0.25) is 0 Å². The number of anilines is 1. The molecule has 5 nitrogen and oxygen atoms in total. The Bertz CT molecular complexity index is 707. The van der Waals surface area contributed by atoms with Gasteiger partial charge in [-0.3, -0.25) is 4.79 Å². The number of nitrogens with two attached hydrogens (primary N) is 1. The summed E-state index contributed by atoms with van der Waals surface area (Å²) in [6.07, 6.45) is 6.88. The number of nitrogens with zero attached hydrogens (tertiary/aromatic N) is 2. The molecule has 1 saturated carbocycles. The molecule has 0 spiro atoms. The third-order valence-corrected chi connectivity index (χ3v) is 4.88. The van der Waals surface area contributed by atoms with Crippen molar-refractivity contribution in [1.82, 2.24) is 9.61 Å². The predicted molar refractivity (Wildman–Crippen MR) is 86.5 cm³/mol. The van der Waals surface area contributed by atoms with E-state index in [2.05, 4.69) is 40.2 Å². The fraction of sp³-hybridized carbons (Fsp3) is 0.467. The van der Waals surface area contributed by atoms with Gasteiger partial charge in [-0.05, 0) is 40.3 Å². The highest BCUT2D eigenvalue weighted by Crippen LogP contribution is 2.40. The van der Waals surface area contributed by atoms with Gasteiger partial charge in [-0.1, -0.05) is 20.3 Å². The van der Waals surface area contributed by atoms with Crippen molar-refractivity contribution < 1.29 is 4.79 Å². The molecule has 6 heteroatoms. The maximum atomic E-state index is 11.7. The fourth-order valence-corrected chi connectivity index (χ4v) is 3.54. The lowest BCUT2D eigenvalue weighted by molar-refractivity contribution is 0.100. The van der Waals surface area contributed by atoms with Crippen LogP contribution in [0.2, 0.25) is 0 Å². The summed E-state index contributed by atoms with van der Waals surface area (Å²) in [7, 11) is 0. The number of fused-ring (bicyclic) bond motifs is 1. The molecule has 2 aromatic heterocycles. The number of nitrogens with one attached hydrogen (secondary N) is 1. The van der Waals surface area contributed by atoms with Crippen LogP contribution in [0.5, 0.6) is 0 Å². The van der Waals surface area contributed by atoms with Crippen molar-refractivity contribution in [3.05, 3.63) is 28.5 Å². The molecule has 1 aliphatic rings. The van der Waals surface area contributed by atoms with Crippen molar-refractivity contribution in [2.75, 3.05) is 5.32 Å². The first-order valence-corrected chi connectivity index (χ1v) is 7.91. The topological polar surface area (TPSA) is 72.4 Å². The number of rotatable bonds is 3. The van der Waals surface area contributed by atoms with Gasteiger partial charge in [-0.2, -0.15) is 5.10 Å². The lowest BCUT2D eigenvalue weighted by atomic mass is 9.87. The van der Waals surface area contributed by atoms with E-state index in [1.807, 2.05) is 12.3 Å². The van der Waals surface area contributed by atoms with Crippen molar-refractivity contribution >= 4 is 33.0 Å². The number of carbonyl (C=O) groups excluding carboxylic acids is 1. The van der Waals surface area contributed by atoms with Gasteiger partial charge < -0.3 is 11.1 Å². The van der Waals surface area contributed by atoms with E-state index in [-0.39, 0.29) is 5.41 Å². The highest BCUT2D eigenvalue weighted by molar-refractivity contribution is 9.10. The highest BCUT2D eigenvalue weighted by atomic mass is 79.9. The van der Waals surface area contributed by atoms with Crippen LogP contribution in [-0.2, 0) is 0 Å². The van der Waals surface area contributed by atoms with Crippen molar-refractivity contribution in [2.45, 2.75) is 39.2 Å². The highest BCUT2D eigenvalue weighted by Gasteiger charge is 2.35. The van der Waals surface area contributed by atoms with Gasteiger partial charge in [0, 0.05) is 16.7 Å². The van der Waals surface area contributed by atoms with Crippen LogP contribution in [-0.4, -0.2) is 21.6 Å². The molecule has 1 aliphatic carbocycles. The maximum absolute atomic E-state index is 11.7. The monoisotopic (exact) mass is 350 g/mol. The molecule has 112 valence electrons. The van der Waals surface area contributed by atoms with Crippen LogP contribution in [0.4, 0.5) is 5.69 Å². The van der Waals surface area contributed by atoms with Crippen LogP contribution in [0.25, 0.3) is 5.52 Å². The third kappa shape index (κ3) is 2.52. The van der Waals surface area contributed by atoms with E-state index in [0.29, 0.717) is 11.6 Å². The predicted octanol–water partition coefficient (Wildman–Crippen LogP) is 3.19. The summed E-state index contributed by atoms with van der Waals surface area (Å²) in [4.78, 5) is 11.7. The fourth-order valence-electron chi connectivity index (χ4n) is 3.13. The molecule has 3 N–H and O–H groups in total. The van der Waals surface area contributed by atoms with Gasteiger partial charge in [-0.25, -0.2) is 4.52 Å². The molecule has 3 rings (SSSR count). The molecule has 1 atom stereocenters. The van der Waals surface area contributed by atoms with E-state index >= 15 is 0 Å². The molecule has 21 heavy (non-hydrogen) atoms. The summed E-state index contributed by atoms with van der Waals surface area (Å²) in [5.41, 5.74) is 7.80. The van der Waals surface area contributed by atoms with E-state index < -0.39 is 5.91 Å². The molecule has 1 amide bonds. The minimum atomic E-state index is -0.458. The second-order valence-corrected chi connectivity index (χ2v) is 7.28. The zero-order valence-corrected chi connectivity index (χ0v) is 13.8. The molecule has 0 aromatic carbocycles. The lowest BCUT2D eigenvalue weighted by Gasteiger charge is -2.29. The second kappa shape index (κ2) is 5.02. The second-order valence-electron chi connectivity index (χ2n) is 6.36. The largest absolute Gasteiger partial charge is 0.379 e. The molecule has 1 fully saturated rings. The van der Waals surface area contributed by atoms with Gasteiger partial charge in [0.05, 0.1) is 23.0 Å². The standard InChI is InChI=1S/C15H19BrN4O/c1-15(2)5-3-4-12(15)19-13-10(14(17)21)7-18-20-8-9(16)6-11(13)20/h6-8,12,19H,3-5H2,1-2H3,(H2,17,21). The Morgan fingerprint density at radius 1 is 1.57 bits per heavy atom. The van der Waals surface area contributed by atoms with Crippen LogP contribution in [0, 0.1) is 5.41 Å². The van der Waals surface area contributed by atoms with Crippen LogP contribution < -0.4 is 11.1 Å². The zero-order chi connectivity index (χ0) is 15.2. The maximum Gasteiger partial charge on any atom is 0.252 e. The Morgan fingerprint density at radius 2 is 2.33 bits per heavy atom. The Kier molecular flexibility index (Phi) is 3.43. The molecule has 2 heterocycles. The average molecular weight is 351 g/mol. The van der Waals surface area contributed by atoms with Gasteiger partial charge in [0.25, 0.3) is 5.91 Å². The third-order valence-electron chi connectivity index (χ3n) is 4.45. The summed E-state index contributed by atoms with van der Waals surface area (Å²) in [5.74, 6) is -0.458. The summed E-state index contributed by atoms with van der Waals surface area (Å²) >= 11 is 3.45. The van der Waals surface area contributed by atoms with Gasteiger partial charge in [-0.15, -0.1) is 0 Å². The zero-order valence-electron chi connectivity index (χ0n) is 12.2. The molecule has 1 unspecified atom stereocenters. The molecule has 2 aromatic rings. The number of hydrogen-bond donors (Lipinski definition) is 2. The first-order valence-electron chi connectivity index (χ1n) is 7.12. The van der Waals surface area contributed by atoms with Crippen LogP contribution in [0.1, 0.15) is 43.5 Å². The van der Waals surface area contributed by atoms with Crippen molar-refractivity contribution in [3.63, 3.8) is 0 Å². The van der Waals surface area contributed by atoms with E-state index in [0.717, 1.165) is 22.1 Å². The first-order chi connectivity index (χ1) is 9.88. The summed E-state index contributed by atoms with van der Waals surface area (Å²) in [5, 5.41) is 7.80. The molecular formula is C15H19BrN4O. The number of aromatic nitrogens is 2. The number of primary amides is 1. The summed E-state index contributed by atoms with van der Waals surface area (Å²) < 4.78 is 2.67. The van der Waals surface area contributed by atoms with Crippen molar-refractivity contribution in [1.29, 1.82) is 0 Å². The molecule has 0 bridgehead atoms. The molecule has 0 aliphatic heterocycles. The molecular weight excluding hydrogens is 332 g/mol. The first kappa shape index (κ1) is 14.4. The van der Waals surface area contributed by atoms with Crippen molar-refractivity contribution in [2.24, 2.45) is 11.1 Å². The van der Waals surface area contributed by atoms with Crippen LogP contribution >= 0.6 is 15.9 Å². The molecule has 0 saturated heterocycles. The van der Waals surface area contributed by atoms with Crippen LogP contribution in [0.3, 0.4) is 0 Å². The normalized spacial score (nSPS) is 20.8. The van der Waals surface area contributed by atoms with E-state index in [1.54, 1.807) is 4.52 Å². The summed E-state index contributed by atoms with van der Waals surface area (Å²) in [6, 6.07) is 2.28. The van der Waals surface area contributed by atoms with E-state index in [9.17, 15) is 4.79 Å². The van der Waals surface area contributed by atoms with Crippen LogP contribution in [0.15, 0.2) is 22.9 Å².